The Hall–Kier alpha value is -4.31. The molecule has 4 aliphatic heterocycles. The molecule has 0 radical (unpaired) electrons. The van der Waals surface area contributed by atoms with Gasteiger partial charge in [-0.15, -0.1) is 0 Å². The van der Waals surface area contributed by atoms with E-state index in [1.54, 1.807) is 18.2 Å². The normalized spacial score (nSPS) is 23.0. The molecule has 4 aliphatic rings. The standard InChI is InChI=1S/C32H32N4O6/c37-29-8-7-27(30(38)34-29)36-18-22-16-23(3-4-24(22)31(36)39)42-28-9-12-35(32(28)40)17-19-1-5-26-21(15-19)2-6-25(33-26)20-10-13-41-14-11-20/h1-6,15-16,20,27-28H,7-14,17-18H2,(H,34,37,38). The number of amides is 4. The van der Waals surface area contributed by atoms with Crippen LogP contribution in [0.1, 0.15) is 65.2 Å². The second kappa shape index (κ2) is 10.8. The first-order valence-electron chi connectivity index (χ1n) is 14.6. The maximum absolute atomic E-state index is 13.2. The molecule has 10 heteroatoms. The van der Waals surface area contributed by atoms with Crippen molar-refractivity contribution in [2.45, 2.75) is 63.3 Å². The largest absolute Gasteiger partial charge is 0.481 e. The second-order valence-corrected chi connectivity index (χ2v) is 11.5. The van der Waals surface area contributed by atoms with Crippen LogP contribution in [0.4, 0.5) is 0 Å². The summed E-state index contributed by atoms with van der Waals surface area (Å²) < 4.78 is 11.6. The third-order valence-corrected chi connectivity index (χ3v) is 8.81. The van der Waals surface area contributed by atoms with Gasteiger partial charge in [0.1, 0.15) is 11.8 Å². The number of piperidine rings is 1. The zero-order chi connectivity index (χ0) is 28.8. The maximum atomic E-state index is 13.2. The summed E-state index contributed by atoms with van der Waals surface area (Å²) in [6.45, 7) is 2.92. The molecule has 1 aromatic heterocycles. The van der Waals surface area contributed by atoms with E-state index in [-0.39, 0.29) is 30.7 Å². The number of rotatable bonds is 6. The zero-order valence-electron chi connectivity index (χ0n) is 23.2. The number of nitrogens with zero attached hydrogens (tertiary/aromatic N) is 3. The van der Waals surface area contributed by atoms with Crippen LogP contribution in [0.5, 0.6) is 5.75 Å². The van der Waals surface area contributed by atoms with Gasteiger partial charge in [0.25, 0.3) is 11.8 Å². The summed E-state index contributed by atoms with van der Waals surface area (Å²) in [5.41, 5.74) is 4.38. The molecule has 0 spiro atoms. The highest BCUT2D eigenvalue weighted by molar-refractivity contribution is 6.05. The van der Waals surface area contributed by atoms with E-state index in [1.165, 1.54) is 4.90 Å². The Labute approximate surface area is 243 Å². The minimum atomic E-state index is -0.670. The van der Waals surface area contributed by atoms with E-state index in [0.29, 0.717) is 43.2 Å². The van der Waals surface area contributed by atoms with Crippen molar-refractivity contribution < 1.29 is 28.7 Å². The van der Waals surface area contributed by atoms with Gasteiger partial charge in [-0.1, -0.05) is 12.1 Å². The zero-order valence-corrected chi connectivity index (χ0v) is 23.2. The van der Waals surface area contributed by atoms with Gasteiger partial charge in [0, 0.05) is 68.3 Å². The number of nitrogens with one attached hydrogen (secondary N) is 1. The lowest BCUT2D eigenvalue weighted by Crippen LogP contribution is -2.52. The van der Waals surface area contributed by atoms with E-state index >= 15 is 0 Å². The maximum Gasteiger partial charge on any atom is 0.264 e. The molecule has 2 atom stereocenters. The van der Waals surface area contributed by atoms with Crippen LogP contribution in [-0.2, 0) is 32.2 Å². The molecule has 1 N–H and O–H groups in total. The molecule has 7 rings (SSSR count). The molecule has 3 fully saturated rings. The van der Waals surface area contributed by atoms with Gasteiger partial charge in [0.05, 0.1) is 5.52 Å². The third-order valence-electron chi connectivity index (χ3n) is 8.81. The van der Waals surface area contributed by atoms with Gasteiger partial charge >= 0.3 is 0 Å². The quantitative estimate of drug-likeness (QED) is 0.454. The van der Waals surface area contributed by atoms with Crippen LogP contribution >= 0.6 is 0 Å². The van der Waals surface area contributed by atoms with Crippen molar-refractivity contribution in [1.82, 2.24) is 20.1 Å². The fraction of sp³-hybridized carbons (Fsp3) is 0.406. The smallest absolute Gasteiger partial charge is 0.264 e. The van der Waals surface area contributed by atoms with Crippen molar-refractivity contribution in [2.75, 3.05) is 19.8 Å². The van der Waals surface area contributed by atoms with Crippen molar-refractivity contribution in [3.63, 3.8) is 0 Å². The van der Waals surface area contributed by atoms with Crippen molar-refractivity contribution in [3.05, 3.63) is 70.9 Å². The molecule has 0 saturated carbocycles. The lowest BCUT2D eigenvalue weighted by molar-refractivity contribution is -0.137. The van der Waals surface area contributed by atoms with Crippen molar-refractivity contribution in [3.8, 4) is 5.75 Å². The number of benzene rings is 2. The summed E-state index contributed by atoms with van der Waals surface area (Å²) in [7, 11) is 0. The lowest BCUT2D eigenvalue weighted by atomic mass is 9.95. The number of carbonyl (C=O) groups is 4. The molecule has 2 unspecified atom stereocenters. The van der Waals surface area contributed by atoms with E-state index in [0.717, 1.165) is 53.8 Å². The first-order chi connectivity index (χ1) is 20.4. The molecule has 0 aliphatic carbocycles. The number of aromatic nitrogens is 1. The van der Waals surface area contributed by atoms with Crippen LogP contribution in [0.25, 0.3) is 10.9 Å². The molecule has 5 heterocycles. The highest BCUT2D eigenvalue weighted by Gasteiger charge is 2.39. The summed E-state index contributed by atoms with van der Waals surface area (Å²) in [4.78, 5) is 58.3. The second-order valence-electron chi connectivity index (χ2n) is 11.5. The van der Waals surface area contributed by atoms with Crippen LogP contribution in [-0.4, -0.2) is 70.3 Å². The van der Waals surface area contributed by atoms with Gasteiger partial charge in [0.15, 0.2) is 6.10 Å². The van der Waals surface area contributed by atoms with Crippen LogP contribution in [0.3, 0.4) is 0 Å². The highest BCUT2D eigenvalue weighted by Crippen LogP contribution is 2.32. The van der Waals surface area contributed by atoms with Crippen LogP contribution in [0.15, 0.2) is 48.5 Å². The van der Waals surface area contributed by atoms with Gasteiger partial charge < -0.3 is 19.3 Å². The predicted octanol–water partition coefficient (Wildman–Crippen LogP) is 3.07. The van der Waals surface area contributed by atoms with Gasteiger partial charge in [-0.2, -0.15) is 0 Å². The number of pyridine rings is 1. The monoisotopic (exact) mass is 568 g/mol. The minimum absolute atomic E-state index is 0.0650. The Kier molecular flexibility index (Phi) is 6.85. The topological polar surface area (TPSA) is 118 Å². The number of imide groups is 1. The minimum Gasteiger partial charge on any atom is -0.481 e. The summed E-state index contributed by atoms with van der Waals surface area (Å²) >= 11 is 0. The van der Waals surface area contributed by atoms with Crippen LogP contribution in [0, 0.1) is 0 Å². The van der Waals surface area contributed by atoms with Gasteiger partial charge in [-0.25, -0.2) is 0 Å². The van der Waals surface area contributed by atoms with E-state index in [4.69, 9.17) is 14.5 Å². The summed E-state index contributed by atoms with van der Waals surface area (Å²) in [6.07, 6.45) is 2.49. The molecule has 3 saturated heterocycles. The van der Waals surface area contributed by atoms with Gasteiger partial charge in [0.2, 0.25) is 11.8 Å². The fourth-order valence-electron chi connectivity index (χ4n) is 6.50. The van der Waals surface area contributed by atoms with E-state index in [1.807, 2.05) is 17.0 Å². The Morgan fingerprint density at radius 1 is 0.952 bits per heavy atom. The van der Waals surface area contributed by atoms with Crippen molar-refractivity contribution in [2.24, 2.45) is 0 Å². The van der Waals surface area contributed by atoms with Crippen molar-refractivity contribution in [1.29, 1.82) is 0 Å². The molecule has 10 nitrogen and oxygen atoms in total. The number of carbonyl (C=O) groups excluding carboxylic acids is 4. The molecule has 216 valence electrons. The third kappa shape index (κ3) is 5.00. The number of hydrogen-bond donors (Lipinski definition) is 1. The van der Waals surface area contributed by atoms with Crippen molar-refractivity contribution >= 4 is 34.5 Å². The lowest BCUT2D eigenvalue weighted by Gasteiger charge is -2.29. The first kappa shape index (κ1) is 26.6. The molecular weight excluding hydrogens is 536 g/mol. The van der Waals surface area contributed by atoms with Gasteiger partial charge in [-0.3, -0.25) is 29.5 Å². The average molecular weight is 569 g/mol. The van der Waals surface area contributed by atoms with E-state index < -0.39 is 18.1 Å². The Morgan fingerprint density at radius 2 is 1.81 bits per heavy atom. The highest BCUT2D eigenvalue weighted by atomic mass is 16.5. The molecular formula is C32H32N4O6. The molecule has 3 aromatic rings. The summed E-state index contributed by atoms with van der Waals surface area (Å²) in [5.74, 6) is -0.0996. The van der Waals surface area contributed by atoms with Gasteiger partial charge in [-0.05, 0) is 66.8 Å². The Balaban J connectivity index is 0.988. The number of fused-ring (bicyclic) bond motifs is 2. The Bertz CT molecular complexity index is 1600. The summed E-state index contributed by atoms with van der Waals surface area (Å²) in [6, 6.07) is 14.9. The van der Waals surface area contributed by atoms with Crippen LogP contribution in [0.2, 0.25) is 0 Å². The fourth-order valence-corrected chi connectivity index (χ4v) is 6.50. The molecule has 42 heavy (non-hydrogen) atoms. The van der Waals surface area contributed by atoms with Crippen LogP contribution < -0.4 is 10.1 Å². The Morgan fingerprint density at radius 3 is 2.64 bits per heavy atom. The predicted molar refractivity (Wildman–Crippen MR) is 151 cm³/mol. The molecule has 2 aromatic carbocycles. The number of hydrogen-bond acceptors (Lipinski definition) is 7. The van der Waals surface area contributed by atoms with E-state index in [9.17, 15) is 19.2 Å². The average Bonchev–Trinajstić information content (AvgIpc) is 3.51. The SMILES string of the molecule is O=C1CCC(N2Cc3cc(OC4CCN(Cc5ccc6nc(C7CCOCC7)ccc6c5)C4=O)ccc3C2=O)C(=O)N1. The number of ether oxygens (including phenoxy) is 2. The summed E-state index contributed by atoms with van der Waals surface area (Å²) in [5, 5.41) is 3.37. The first-order valence-corrected chi connectivity index (χ1v) is 14.6. The molecule has 0 bridgehead atoms. The number of likely N-dealkylation sites (tertiary alicyclic amines) is 1. The van der Waals surface area contributed by atoms with E-state index in [2.05, 4.69) is 23.5 Å². The molecule has 4 amide bonds.